The third kappa shape index (κ3) is 5.78. The molecule has 1 saturated carbocycles. The van der Waals surface area contributed by atoms with Crippen LogP contribution in [0.25, 0.3) is 0 Å². The molecule has 1 rings (SSSR count). The first-order valence-electron chi connectivity index (χ1n) is 10.3. The molecule has 0 radical (unpaired) electrons. The predicted octanol–water partition coefficient (Wildman–Crippen LogP) is 4.52. The predicted molar refractivity (Wildman–Crippen MR) is 102 cm³/mol. The Bertz CT molecular complexity index is 426. The first-order chi connectivity index (χ1) is 12.5. The highest BCUT2D eigenvalue weighted by Gasteiger charge is 2.54. The number of carbonyl (C=O) groups excluding carboxylic acids is 2. The van der Waals surface area contributed by atoms with Crippen LogP contribution in [0.3, 0.4) is 0 Å². The summed E-state index contributed by atoms with van der Waals surface area (Å²) in [6.07, 6.45) is 7.53. The fourth-order valence-electron chi connectivity index (χ4n) is 4.25. The van der Waals surface area contributed by atoms with Crippen molar-refractivity contribution in [1.82, 2.24) is 0 Å². The lowest BCUT2D eigenvalue weighted by molar-refractivity contribution is -0.262. The average Bonchev–Trinajstić information content (AvgIpc) is 2.97. The zero-order chi connectivity index (χ0) is 19.6. The molecule has 0 saturated heterocycles. The number of esters is 1. The monoisotopic (exact) mass is 370 g/mol. The minimum absolute atomic E-state index is 0.0418. The van der Waals surface area contributed by atoms with E-state index in [9.17, 15) is 9.59 Å². The summed E-state index contributed by atoms with van der Waals surface area (Å²) in [4.78, 5) is 24.6. The molecular weight excluding hydrogens is 332 g/mol. The average molecular weight is 371 g/mol. The third-order valence-corrected chi connectivity index (χ3v) is 5.45. The zero-order valence-electron chi connectivity index (χ0n) is 17.3. The summed E-state index contributed by atoms with van der Waals surface area (Å²) in [5, 5.41) is 0. The minimum Gasteiger partial charge on any atom is -0.468 e. The van der Waals surface area contributed by atoms with Crippen LogP contribution in [-0.2, 0) is 23.8 Å². The Morgan fingerprint density at radius 3 is 2.12 bits per heavy atom. The molecule has 0 bridgehead atoms. The second-order valence-electron chi connectivity index (χ2n) is 7.43. The summed E-state index contributed by atoms with van der Waals surface area (Å²) >= 11 is 0. The molecule has 0 amide bonds. The fourth-order valence-corrected chi connectivity index (χ4v) is 4.25. The number of carbonyl (C=O) groups is 2. The van der Waals surface area contributed by atoms with Gasteiger partial charge < -0.3 is 14.2 Å². The first kappa shape index (κ1) is 23.1. The van der Waals surface area contributed by atoms with Gasteiger partial charge in [-0.3, -0.25) is 9.59 Å². The Kier molecular flexibility index (Phi) is 10.4. The molecule has 1 aliphatic rings. The molecule has 5 nitrogen and oxygen atoms in total. The van der Waals surface area contributed by atoms with Crippen LogP contribution in [0, 0.1) is 17.8 Å². The molecule has 152 valence electrons. The van der Waals surface area contributed by atoms with Crippen LogP contribution < -0.4 is 0 Å². The van der Waals surface area contributed by atoms with Gasteiger partial charge in [0, 0.05) is 25.6 Å². The van der Waals surface area contributed by atoms with Gasteiger partial charge in [-0.15, -0.1) is 0 Å². The summed E-state index contributed by atoms with van der Waals surface area (Å²) in [6, 6.07) is 0. The molecule has 0 N–H and O–H groups in total. The van der Waals surface area contributed by atoms with Gasteiger partial charge in [-0.25, -0.2) is 0 Å². The lowest BCUT2D eigenvalue weighted by atomic mass is 9.78. The molecule has 5 heteroatoms. The summed E-state index contributed by atoms with van der Waals surface area (Å²) in [6.45, 7) is 9.09. The maximum Gasteiger partial charge on any atom is 0.316 e. The van der Waals surface area contributed by atoms with E-state index in [0.29, 0.717) is 13.2 Å². The number of ketones is 1. The van der Waals surface area contributed by atoms with E-state index in [2.05, 4.69) is 20.8 Å². The lowest BCUT2D eigenvalue weighted by Gasteiger charge is -2.38. The van der Waals surface area contributed by atoms with Crippen molar-refractivity contribution < 1.29 is 23.8 Å². The van der Waals surface area contributed by atoms with Crippen LogP contribution in [0.5, 0.6) is 0 Å². The zero-order valence-corrected chi connectivity index (χ0v) is 17.3. The smallest absolute Gasteiger partial charge is 0.316 e. The van der Waals surface area contributed by atoms with Crippen LogP contribution in [0.2, 0.25) is 0 Å². The van der Waals surface area contributed by atoms with Crippen molar-refractivity contribution in [3.8, 4) is 0 Å². The number of hydrogen-bond acceptors (Lipinski definition) is 5. The SMILES string of the molecule is CCCCCC1C(C(C(C)=O)C(=O)OC)CCC1(OCCC)OCCC. The standard InChI is InChI=1S/C21H38O5/c1-6-9-10-11-18-17(19(16(4)22)20(23)24-5)12-13-21(18,25-14-7-2)26-15-8-3/h17-19H,6-15H2,1-5H3. The third-order valence-electron chi connectivity index (χ3n) is 5.45. The highest BCUT2D eigenvalue weighted by Crippen LogP contribution is 2.50. The van der Waals surface area contributed by atoms with Crippen molar-refractivity contribution in [2.45, 2.75) is 84.8 Å². The van der Waals surface area contributed by atoms with Crippen LogP contribution in [0.1, 0.15) is 79.1 Å². The van der Waals surface area contributed by atoms with Crippen molar-refractivity contribution in [3.05, 3.63) is 0 Å². The van der Waals surface area contributed by atoms with Crippen molar-refractivity contribution >= 4 is 11.8 Å². The van der Waals surface area contributed by atoms with Crippen molar-refractivity contribution in [2.75, 3.05) is 20.3 Å². The van der Waals surface area contributed by atoms with Crippen molar-refractivity contribution in [1.29, 1.82) is 0 Å². The summed E-state index contributed by atoms with van der Waals surface area (Å²) in [5.74, 6) is -1.98. The van der Waals surface area contributed by atoms with Gasteiger partial charge >= 0.3 is 5.97 Å². The van der Waals surface area contributed by atoms with Crippen LogP contribution >= 0.6 is 0 Å². The van der Waals surface area contributed by atoms with Crippen molar-refractivity contribution in [2.24, 2.45) is 17.8 Å². The number of rotatable bonds is 13. The summed E-state index contributed by atoms with van der Waals surface area (Å²) < 4.78 is 17.5. The molecule has 1 aliphatic carbocycles. The van der Waals surface area contributed by atoms with Gasteiger partial charge in [0.25, 0.3) is 0 Å². The molecule has 1 fully saturated rings. The fraction of sp³-hybridized carbons (Fsp3) is 0.905. The van der Waals surface area contributed by atoms with E-state index in [1.165, 1.54) is 14.0 Å². The molecule has 0 aromatic rings. The Morgan fingerprint density at radius 1 is 1.04 bits per heavy atom. The quantitative estimate of drug-likeness (QED) is 0.206. The van der Waals surface area contributed by atoms with Crippen LogP contribution in [-0.4, -0.2) is 37.9 Å². The van der Waals surface area contributed by atoms with E-state index in [4.69, 9.17) is 14.2 Å². The summed E-state index contributed by atoms with van der Waals surface area (Å²) in [5.41, 5.74) is 0. The van der Waals surface area contributed by atoms with Gasteiger partial charge in [0.05, 0.1) is 7.11 Å². The molecule has 0 heterocycles. The Balaban J connectivity index is 3.15. The van der Waals surface area contributed by atoms with E-state index in [1.807, 2.05) is 0 Å². The highest BCUT2D eigenvalue weighted by atomic mass is 16.7. The highest BCUT2D eigenvalue weighted by molar-refractivity contribution is 5.98. The second kappa shape index (κ2) is 11.7. The van der Waals surface area contributed by atoms with Crippen molar-refractivity contribution in [3.63, 3.8) is 0 Å². The van der Waals surface area contributed by atoms with E-state index < -0.39 is 17.7 Å². The molecule has 3 unspecified atom stereocenters. The van der Waals surface area contributed by atoms with Crippen LogP contribution in [0.4, 0.5) is 0 Å². The number of ether oxygens (including phenoxy) is 3. The molecule has 0 aromatic heterocycles. The Morgan fingerprint density at radius 2 is 1.65 bits per heavy atom. The van der Waals surface area contributed by atoms with Crippen LogP contribution in [0.15, 0.2) is 0 Å². The molecule has 0 aromatic carbocycles. The largest absolute Gasteiger partial charge is 0.468 e. The van der Waals surface area contributed by atoms with Gasteiger partial charge in [0.2, 0.25) is 0 Å². The first-order valence-corrected chi connectivity index (χ1v) is 10.3. The summed E-state index contributed by atoms with van der Waals surface area (Å²) in [7, 11) is 1.35. The molecular formula is C21H38O5. The van der Waals surface area contributed by atoms with E-state index in [1.54, 1.807) is 0 Å². The van der Waals surface area contributed by atoms with E-state index in [-0.39, 0.29) is 17.6 Å². The van der Waals surface area contributed by atoms with E-state index in [0.717, 1.165) is 51.4 Å². The van der Waals surface area contributed by atoms with E-state index >= 15 is 0 Å². The van der Waals surface area contributed by atoms with Gasteiger partial charge in [-0.1, -0.05) is 40.0 Å². The molecule has 3 atom stereocenters. The molecule has 0 aliphatic heterocycles. The minimum atomic E-state index is -0.719. The second-order valence-corrected chi connectivity index (χ2v) is 7.43. The number of Topliss-reactive ketones (excluding diaryl/α,β-unsaturated/α-hetero) is 1. The van der Waals surface area contributed by atoms with Gasteiger partial charge in [0.1, 0.15) is 11.7 Å². The topological polar surface area (TPSA) is 61.8 Å². The van der Waals surface area contributed by atoms with Gasteiger partial charge in [0.15, 0.2) is 5.79 Å². The Labute approximate surface area is 159 Å². The van der Waals surface area contributed by atoms with Gasteiger partial charge in [-0.05, 0) is 38.5 Å². The van der Waals surface area contributed by atoms with Gasteiger partial charge in [-0.2, -0.15) is 0 Å². The normalized spacial score (nSPS) is 23.0. The molecule has 26 heavy (non-hydrogen) atoms. The lowest BCUT2D eigenvalue weighted by Crippen LogP contribution is -2.45. The number of unbranched alkanes of at least 4 members (excludes halogenated alkanes) is 2. The number of methoxy groups -OCH3 is 1. The maximum absolute atomic E-state index is 12.3. The molecule has 0 spiro atoms. The number of hydrogen-bond donors (Lipinski definition) is 0. The maximum atomic E-state index is 12.3. The Hall–Kier alpha value is -0.940.